The summed E-state index contributed by atoms with van der Waals surface area (Å²) in [6.45, 7) is 4.56. The molecule has 0 fully saturated rings. The molecule has 2 aromatic heterocycles. The Balaban J connectivity index is 1.64. The topological polar surface area (TPSA) is 38.9 Å². The van der Waals surface area contributed by atoms with Gasteiger partial charge >= 0.3 is 0 Å². The molecule has 0 spiro atoms. The summed E-state index contributed by atoms with van der Waals surface area (Å²) in [7, 11) is 0. The fraction of sp³-hybridized carbons (Fsp3) is 0.130. The summed E-state index contributed by atoms with van der Waals surface area (Å²) in [5, 5.41) is 0. The first-order valence-corrected chi connectivity index (χ1v) is 8.75. The Labute approximate surface area is 152 Å². The van der Waals surface area contributed by atoms with E-state index >= 15 is 0 Å². The van der Waals surface area contributed by atoms with Crippen LogP contribution in [0.4, 0.5) is 0 Å². The van der Waals surface area contributed by atoms with E-state index < -0.39 is 0 Å². The van der Waals surface area contributed by atoms with Crippen molar-refractivity contribution < 1.29 is 4.42 Å². The maximum Gasteiger partial charge on any atom is 0.159 e. The molecule has 1 aliphatic rings. The molecular formula is C23H18N2O. The average Bonchev–Trinajstić information content (AvgIpc) is 3.29. The van der Waals surface area contributed by atoms with Gasteiger partial charge in [0.25, 0.3) is 0 Å². The number of hydrogen-bond donors (Lipinski definition) is 0. The van der Waals surface area contributed by atoms with E-state index in [4.69, 9.17) is 9.40 Å². The Hall–Kier alpha value is -3.20. The molecule has 1 aliphatic carbocycles. The minimum absolute atomic E-state index is 0.0237. The van der Waals surface area contributed by atoms with Crippen LogP contribution in [-0.4, -0.2) is 9.97 Å². The number of nitrogens with zero attached hydrogens (tertiary/aromatic N) is 2. The Bertz CT molecular complexity index is 1110. The van der Waals surface area contributed by atoms with E-state index in [1.54, 1.807) is 18.7 Å². The maximum absolute atomic E-state index is 5.18. The zero-order valence-corrected chi connectivity index (χ0v) is 14.7. The van der Waals surface area contributed by atoms with Crippen molar-refractivity contribution in [2.45, 2.75) is 19.3 Å². The van der Waals surface area contributed by atoms with Crippen molar-refractivity contribution in [1.29, 1.82) is 0 Å². The molecule has 126 valence electrons. The lowest BCUT2D eigenvalue weighted by Gasteiger charge is -2.21. The molecule has 0 bridgehead atoms. The molecular weight excluding hydrogens is 320 g/mol. The highest BCUT2D eigenvalue weighted by Crippen LogP contribution is 2.49. The van der Waals surface area contributed by atoms with E-state index in [1.165, 1.54) is 22.3 Å². The van der Waals surface area contributed by atoms with Crippen LogP contribution in [0.2, 0.25) is 0 Å². The van der Waals surface area contributed by atoms with Crippen LogP contribution in [0.25, 0.3) is 33.8 Å². The lowest BCUT2D eigenvalue weighted by molar-refractivity contribution is 0.568. The predicted octanol–water partition coefficient (Wildman–Crippen LogP) is 5.71. The van der Waals surface area contributed by atoms with Crippen LogP contribution < -0.4 is 0 Å². The van der Waals surface area contributed by atoms with Gasteiger partial charge in [0.2, 0.25) is 0 Å². The standard InChI is InChI=1S/C23H18N2O/c1-23(2)19-6-4-3-5-17(19)18-8-7-15(13-20(18)23)22-24-11-9-21(25-22)16-10-12-26-14-16/h3-14H,1-2H3. The molecule has 0 radical (unpaired) electrons. The van der Waals surface area contributed by atoms with Crippen LogP contribution in [0.5, 0.6) is 0 Å². The lowest BCUT2D eigenvalue weighted by atomic mass is 9.82. The summed E-state index contributed by atoms with van der Waals surface area (Å²) >= 11 is 0. The van der Waals surface area contributed by atoms with Crippen LogP contribution in [0.3, 0.4) is 0 Å². The SMILES string of the molecule is CC1(C)c2ccccc2-c2ccc(-c3nccc(-c4ccoc4)n3)cc21. The highest BCUT2D eigenvalue weighted by atomic mass is 16.3. The Kier molecular flexibility index (Phi) is 3.13. The van der Waals surface area contributed by atoms with Gasteiger partial charge in [0.15, 0.2) is 5.82 Å². The molecule has 0 aliphatic heterocycles. The molecule has 4 aromatic rings. The average molecular weight is 338 g/mol. The Morgan fingerprint density at radius 1 is 0.846 bits per heavy atom. The number of aromatic nitrogens is 2. The third-order valence-electron chi connectivity index (χ3n) is 5.31. The highest BCUT2D eigenvalue weighted by Gasteiger charge is 2.35. The van der Waals surface area contributed by atoms with E-state index in [0.717, 1.165) is 22.6 Å². The number of benzene rings is 2. The van der Waals surface area contributed by atoms with Crippen LogP contribution >= 0.6 is 0 Å². The normalized spacial score (nSPS) is 14.1. The first-order valence-electron chi connectivity index (χ1n) is 8.75. The number of furan rings is 1. The lowest BCUT2D eigenvalue weighted by Crippen LogP contribution is -2.15. The molecule has 0 N–H and O–H groups in total. The number of fused-ring (bicyclic) bond motifs is 3. The van der Waals surface area contributed by atoms with E-state index in [0.29, 0.717) is 0 Å². The quantitative estimate of drug-likeness (QED) is 0.470. The third kappa shape index (κ3) is 2.14. The maximum atomic E-state index is 5.18. The Morgan fingerprint density at radius 3 is 2.54 bits per heavy atom. The first-order chi connectivity index (χ1) is 12.6. The van der Waals surface area contributed by atoms with Gasteiger partial charge in [-0.25, -0.2) is 9.97 Å². The minimum Gasteiger partial charge on any atom is -0.472 e. The predicted molar refractivity (Wildman–Crippen MR) is 103 cm³/mol. The van der Waals surface area contributed by atoms with Gasteiger partial charge in [0, 0.05) is 22.7 Å². The van der Waals surface area contributed by atoms with Crippen molar-refractivity contribution in [2.75, 3.05) is 0 Å². The second-order valence-corrected chi connectivity index (χ2v) is 7.21. The molecule has 0 atom stereocenters. The molecule has 3 heteroatoms. The van der Waals surface area contributed by atoms with E-state index in [-0.39, 0.29) is 5.41 Å². The second-order valence-electron chi connectivity index (χ2n) is 7.21. The van der Waals surface area contributed by atoms with Gasteiger partial charge in [-0.15, -0.1) is 0 Å². The second kappa shape index (κ2) is 5.40. The fourth-order valence-electron chi connectivity index (χ4n) is 3.91. The number of hydrogen-bond acceptors (Lipinski definition) is 3. The molecule has 3 nitrogen and oxygen atoms in total. The van der Waals surface area contributed by atoms with Crippen molar-refractivity contribution in [3.63, 3.8) is 0 Å². The van der Waals surface area contributed by atoms with E-state index in [9.17, 15) is 0 Å². The van der Waals surface area contributed by atoms with Crippen molar-refractivity contribution in [2.24, 2.45) is 0 Å². The zero-order valence-electron chi connectivity index (χ0n) is 14.7. The Morgan fingerprint density at radius 2 is 1.69 bits per heavy atom. The largest absolute Gasteiger partial charge is 0.472 e. The van der Waals surface area contributed by atoms with Gasteiger partial charge in [0.1, 0.15) is 0 Å². The molecule has 5 rings (SSSR count). The van der Waals surface area contributed by atoms with Gasteiger partial charge in [-0.1, -0.05) is 50.2 Å². The van der Waals surface area contributed by atoms with Gasteiger partial charge in [0.05, 0.1) is 18.2 Å². The molecule has 0 unspecified atom stereocenters. The van der Waals surface area contributed by atoms with Gasteiger partial charge in [-0.2, -0.15) is 0 Å². The summed E-state index contributed by atoms with van der Waals surface area (Å²) in [5.41, 5.74) is 8.18. The summed E-state index contributed by atoms with van der Waals surface area (Å²) < 4.78 is 5.18. The molecule has 2 aromatic carbocycles. The molecule has 2 heterocycles. The van der Waals surface area contributed by atoms with Crippen molar-refractivity contribution in [3.8, 4) is 33.8 Å². The summed E-state index contributed by atoms with van der Waals surface area (Å²) in [6, 6.07) is 19.0. The monoisotopic (exact) mass is 338 g/mol. The van der Waals surface area contributed by atoms with E-state index in [2.05, 4.69) is 61.3 Å². The summed E-state index contributed by atoms with van der Waals surface area (Å²) in [6.07, 6.45) is 5.17. The van der Waals surface area contributed by atoms with Gasteiger partial charge < -0.3 is 4.42 Å². The molecule has 0 amide bonds. The molecule has 0 saturated carbocycles. The minimum atomic E-state index is -0.0237. The highest BCUT2D eigenvalue weighted by molar-refractivity contribution is 5.82. The van der Waals surface area contributed by atoms with Crippen LogP contribution in [-0.2, 0) is 5.41 Å². The van der Waals surface area contributed by atoms with E-state index in [1.807, 2.05) is 12.1 Å². The smallest absolute Gasteiger partial charge is 0.159 e. The summed E-state index contributed by atoms with van der Waals surface area (Å²) in [4.78, 5) is 9.24. The van der Waals surface area contributed by atoms with Crippen molar-refractivity contribution in [1.82, 2.24) is 9.97 Å². The van der Waals surface area contributed by atoms with Crippen molar-refractivity contribution in [3.05, 3.63) is 84.4 Å². The molecule has 26 heavy (non-hydrogen) atoms. The third-order valence-corrected chi connectivity index (χ3v) is 5.31. The van der Waals surface area contributed by atoms with Crippen molar-refractivity contribution >= 4 is 0 Å². The zero-order chi connectivity index (χ0) is 17.7. The summed E-state index contributed by atoms with van der Waals surface area (Å²) in [5.74, 6) is 0.734. The van der Waals surface area contributed by atoms with Crippen LogP contribution in [0.15, 0.2) is 77.7 Å². The number of rotatable bonds is 2. The van der Waals surface area contributed by atoms with Crippen LogP contribution in [0.1, 0.15) is 25.0 Å². The van der Waals surface area contributed by atoms with Gasteiger partial charge in [-0.05, 0) is 40.5 Å². The van der Waals surface area contributed by atoms with Gasteiger partial charge in [-0.3, -0.25) is 0 Å². The fourth-order valence-corrected chi connectivity index (χ4v) is 3.91. The van der Waals surface area contributed by atoms with Crippen LogP contribution in [0, 0.1) is 0 Å². The molecule has 0 saturated heterocycles. The first kappa shape index (κ1) is 15.1.